The summed E-state index contributed by atoms with van der Waals surface area (Å²) in [6.07, 6.45) is -0.760. The van der Waals surface area contributed by atoms with Gasteiger partial charge in [-0.15, -0.1) is 0 Å². The van der Waals surface area contributed by atoms with E-state index >= 15 is 0 Å². The molecule has 4 N–H and O–H groups in total. The van der Waals surface area contributed by atoms with Gasteiger partial charge in [-0.1, -0.05) is 0 Å². The van der Waals surface area contributed by atoms with Gasteiger partial charge in [0.2, 0.25) is 0 Å². The number of nitrogens with zero attached hydrogens (tertiary/aromatic N) is 4. The van der Waals surface area contributed by atoms with Crippen LogP contribution in [0.1, 0.15) is 6.23 Å². The lowest BCUT2D eigenvalue weighted by atomic mass is 10.1. The molecule has 5 heterocycles. The number of rotatable bonds is 2. The van der Waals surface area contributed by atoms with Gasteiger partial charge in [-0.25, -0.2) is 15.0 Å². The highest BCUT2D eigenvalue weighted by Gasteiger charge is 2.52. The van der Waals surface area contributed by atoms with Crippen LogP contribution < -0.4 is 5.73 Å². The summed E-state index contributed by atoms with van der Waals surface area (Å²) in [5.74, 6) is 0.971. The molecule has 2 saturated heterocycles. The van der Waals surface area contributed by atoms with Crippen molar-refractivity contribution in [3.63, 3.8) is 0 Å². The average molecular weight is 411 g/mol. The SMILES string of the molecule is Nc1ncnc2c1nc(-c1ccco1)n2[C@@H]1OC2COP(O)(=S)OC2[C@@H]1O. The van der Waals surface area contributed by atoms with Crippen molar-refractivity contribution in [1.82, 2.24) is 19.5 Å². The molecule has 142 valence electrons. The fourth-order valence-corrected chi connectivity index (χ4v) is 4.74. The van der Waals surface area contributed by atoms with Gasteiger partial charge in [-0.05, 0) is 23.9 Å². The van der Waals surface area contributed by atoms with E-state index in [1.54, 1.807) is 16.7 Å². The van der Waals surface area contributed by atoms with Gasteiger partial charge in [0.25, 0.3) is 0 Å². The van der Waals surface area contributed by atoms with Crippen LogP contribution in [-0.2, 0) is 25.6 Å². The molecule has 0 amide bonds. The molecule has 0 saturated carbocycles. The minimum atomic E-state index is -3.41. The Morgan fingerprint density at radius 2 is 2.22 bits per heavy atom. The number of hydrogen-bond donors (Lipinski definition) is 3. The van der Waals surface area contributed by atoms with Crippen molar-refractivity contribution in [1.29, 1.82) is 0 Å². The van der Waals surface area contributed by atoms with Crippen molar-refractivity contribution in [3.05, 3.63) is 24.7 Å². The van der Waals surface area contributed by atoms with Gasteiger partial charge in [0.15, 0.2) is 34.8 Å². The van der Waals surface area contributed by atoms with E-state index in [0.717, 1.165) is 0 Å². The summed E-state index contributed by atoms with van der Waals surface area (Å²) >= 11 is 4.88. The highest BCUT2D eigenvalue weighted by atomic mass is 32.5. The zero-order valence-corrected chi connectivity index (χ0v) is 15.3. The minimum absolute atomic E-state index is 0.00580. The molecule has 0 aromatic carbocycles. The lowest BCUT2D eigenvalue weighted by Gasteiger charge is -2.30. The predicted molar refractivity (Wildman–Crippen MR) is 94.7 cm³/mol. The molecule has 3 aromatic rings. The van der Waals surface area contributed by atoms with Gasteiger partial charge in [0.1, 0.15) is 24.6 Å². The van der Waals surface area contributed by atoms with E-state index in [9.17, 15) is 10.00 Å². The second-order valence-corrected chi connectivity index (χ2v) is 8.89. The van der Waals surface area contributed by atoms with Crippen molar-refractivity contribution in [3.8, 4) is 11.6 Å². The van der Waals surface area contributed by atoms with Gasteiger partial charge in [-0.2, -0.15) is 0 Å². The van der Waals surface area contributed by atoms with Crippen molar-refractivity contribution >= 4 is 35.5 Å². The quantitative estimate of drug-likeness (QED) is 0.507. The number of nitrogen functional groups attached to an aromatic ring is 1. The van der Waals surface area contributed by atoms with Crippen LogP contribution in [0.4, 0.5) is 5.82 Å². The number of aliphatic hydroxyl groups excluding tert-OH is 1. The Morgan fingerprint density at radius 3 is 3.00 bits per heavy atom. The summed E-state index contributed by atoms with van der Waals surface area (Å²) in [6, 6.07) is 3.42. The van der Waals surface area contributed by atoms with Crippen LogP contribution in [-0.4, -0.2) is 54.4 Å². The van der Waals surface area contributed by atoms with Crippen LogP contribution in [0.25, 0.3) is 22.7 Å². The van der Waals surface area contributed by atoms with Crippen molar-refractivity contribution in [2.45, 2.75) is 24.5 Å². The number of ether oxygens (including phenoxy) is 1. The summed E-state index contributed by atoms with van der Waals surface area (Å²) in [5.41, 5.74) is 6.64. The van der Waals surface area contributed by atoms with E-state index in [2.05, 4.69) is 15.0 Å². The fourth-order valence-electron chi connectivity index (χ4n) is 3.30. The molecule has 2 fully saturated rings. The van der Waals surface area contributed by atoms with Crippen LogP contribution in [0, 0.1) is 0 Å². The summed E-state index contributed by atoms with van der Waals surface area (Å²) < 4.78 is 23.5. The molecule has 0 aliphatic carbocycles. The summed E-state index contributed by atoms with van der Waals surface area (Å²) in [4.78, 5) is 22.6. The first-order valence-electron chi connectivity index (χ1n) is 7.96. The Kier molecular flexibility index (Phi) is 3.85. The van der Waals surface area contributed by atoms with Gasteiger partial charge in [0, 0.05) is 0 Å². The van der Waals surface area contributed by atoms with E-state index < -0.39 is 31.3 Å². The highest BCUT2D eigenvalue weighted by molar-refractivity contribution is 8.07. The molecule has 0 spiro atoms. The van der Waals surface area contributed by atoms with Crippen LogP contribution in [0.3, 0.4) is 0 Å². The summed E-state index contributed by atoms with van der Waals surface area (Å²) in [6.45, 7) is -3.40. The lowest BCUT2D eigenvalue weighted by molar-refractivity contribution is -0.0588. The molecular formula is C14H14N5O6PS. The molecule has 13 heteroatoms. The largest absolute Gasteiger partial charge is 0.461 e. The standard InChI is InChI=1S/C14H14N5O6PS/c15-11-8-13(17-5-16-11)19(12(18-8)6-2-1-3-22-6)14-9(20)10-7(24-14)4-23-26(21,27)25-10/h1-3,5,7,9-10,14,20H,4H2,(H,21,27)(H2,15,16,17)/t7?,9-,10?,14+,26?/m0/s1. The molecule has 3 aromatic heterocycles. The molecule has 2 aliphatic rings. The van der Waals surface area contributed by atoms with Gasteiger partial charge in [-0.3, -0.25) is 9.09 Å². The van der Waals surface area contributed by atoms with Crippen LogP contribution in [0.15, 0.2) is 29.1 Å². The molecule has 5 atom stereocenters. The van der Waals surface area contributed by atoms with E-state index in [1.165, 1.54) is 12.6 Å². The third kappa shape index (κ3) is 2.69. The molecule has 2 aliphatic heterocycles. The topological polar surface area (TPSA) is 151 Å². The Morgan fingerprint density at radius 1 is 1.37 bits per heavy atom. The van der Waals surface area contributed by atoms with E-state index in [1.807, 2.05) is 0 Å². The smallest absolute Gasteiger partial charge is 0.325 e. The Bertz CT molecular complexity index is 1060. The molecule has 5 rings (SSSR count). The normalized spacial score (nSPS) is 33.4. The van der Waals surface area contributed by atoms with E-state index in [-0.39, 0.29) is 12.4 Å². The molecular weight excluding hydrogens is 397 g/mol. The molecule has 3 unspecified atom stereocenters. The Labute approximate surface area is 157 Å². The zero-order valence-electron chi connectivity index (χ0n) is 13.6. The first kappa shape index (κ1) is 17.2. The zero-order chi connectivity index (χ0) is 18.8. The van der Waals surface area contributed by atoms with Crippen molar-refractivity contribution in [2.75, 3.05) is 12.3 Å². The van der Waals surface area contributed by atoms with Gasteiger partial charge >= 0.3 is 6.72 Å². The second-order valence-electron chi connectivity index (χ2n) is 6.10. The number of imidazole rings is 1. The number of anilines is 1. The monoisotopic (exact) mass is 411 g/mol. The molecule has 27 heavy (non-hydrogen) atoms. The summed E-state index contributed by atoms with van der Waals surface area (Å²) in [5, 5.41) is 10.8. The van der Waals surface area contributed by atoms with Gasteiger partial charge < -0.3 is 29.4 Å². The third-order valence-corrected chi connectivity index (χ3v) is 6.03. The minimum Gasteiger partial charge on any atom is -0.461 e. The number of nitrogens with two attached hydrogens (primary N) is 1. The number of hydrogen-bond acceptors (Lipinski definition) is 10. The fraction of sp³-hybridized carbons (Fsp3) is 0.357. The molecule has 0 bridgehead atoms. The third-order valence-electron chi connectivity index (χ3n) is 4.47. The Balaban J connectivity index is 1.66. The maximum Gasteiger partial charge on any atom is 0.325 e. The average Bonchev–Trinajstić information content (AvgIpc) is 3.33. The number of furan rings is 1. The highest BCUT2D eigenvalue weighted by Crippen LogP contribution is 2.53. The maximum atomic E-state index is 10.8. The lowest BCUT2D eigenvalue weighted by Crippen LogP contribution is -2.39. The van der Waals surface area contributed by atoms with Crippen LogP contribution >= 0.6 is 6.72 Å². The number of aliphatic hydroxyl groups is 1. The van der Waals surface area contributed by atoms with Gasteiger partial charge in [0.05, 0.1) is 12.9 Å². The first-order valence-corrected chi connectivity index (χ1v) is 10.6. The van der Waals surface area contributed by atoms with E-state index in [0.29, 0.717) is 22.7 Å². The van der Waals surface area contributed by atoms with Crippen LogP contribution in [0.5, 0.6) is 0 Å². The van der Waals surface area contributed by atoms with E-state index in [4.69, 9.17) is 35.7 Å². The van der Waals surface area contributed by atoms with Crippen molar-refractivity contribution < 1.29 is 28.2 Å². The second kappa shape index (κ2) is 6.04. The number of aromatic nitrogens is 4. The maximum absolute atomic E-state index is 10.8. The summed E-state index contributed by atoms with van der Waals surface area (Å²) in [7, 11) is 0. The number of fused-ring (bicyclic) bond motifs is 2. The molecule has 0 radical (unpaired) electrons. The first-order chi connectivity index (χ1) is 12.9. The Hall–Kier alpha value is -1.92. The molecule has 11 nitrogen and oxygen atoms in total. The van der Waals surface area contributed by atoms with Crippen LogP contribution in [0.2, 0.25) is 0 Å². The predicted octanol–water partition coefficient (Wildman–Crippen LogP) is 0.559. The van der Waals surface area contributed by atoms with Crippen molar-refractivity contribution in [2.24, 2.45) is 0 Å².